The van der Waals surface area contributed by atoms with Gasteiger partial charge in [0.2, 0.25) is 5.91 Å². The topological polar surface area (TPSA) is 62.7 Å². The summed E-state index contributed by atoms with van der Waals surface area (Å²) < 4.78 is 4.97. The van der Waals surface area contributed by atoms with Crippen molar-refractivity contribution in [2.45, 2.75) is 6.42 Å². The van der Waals surface area contributed by atoms with Gasteiger partial charge in [-0.2, -0.15) is 0 Å². The number of hydrogen-bond acceptors (Lipinski definition) is 4. The first kappa shape index (κ1) is 13.6. The summed E-state index contributed by atoms with van der Waals surface area (Å²) in [5, 5.41) is 8.51. The second kappa shape index (κ2) is 7.76. The number of aliphatic hydroxyl groups is 1. The maximum Gasteiger partial charge on any atom is 0.248 e. The molecule has 0 bridgehead atoms. The summed E-state index contributed by atoms with van der Waals surface area (Å²) in [4.78, 5) is 17.1. The number of likely N-dealkylation sites (N-methyl/N-ethyl adjacent to an activating group) is 1. The molecule has 0 aliphatic heterocycles. The Hall–Kier alpha value is -1.46. The van der Waals surface area contributed by atoms with Crippen LogP contribution in [0.25, 0.3) is 0 Å². The summed E-state index contributed by atoms with van der Waals surface area (Å²) in [6.45, 7) is 0.802. The summed E-state index contributed by atoms with van der Waals surface area (Å²) in [7, 11) is 1.74. The normalized spacial score (nSPS) is 10.2. The van der Waals surface area contributed by atoms with E-state index < -0.39 is 0 Å². The van der Waals surface area contributed by atoms with Crippen LogP contribution in [0.1, 0.15) is 5.56 Å². The lowest BCUT2D eigenvalue weighted by molar-refractivity contribution is -0.135. The van der Waals surface area contributed by atoms with E-state index in [-0.39, 0.29) is 25.7 Å². The molecule has 0 aliphatic carbocycles. The van der Waals surface area contributed by atoms with Gasteiger partial charge in [-0.3, -0.25) is 9.78 Å². The highest BCUT2D eigenvalue weighted by molar-refractivity contribution is 5.77. The van der Waals surface area contributed by atoms with Crippen LogP contribution in [-0.4, -0.2) is 54.3 Å². The highest BCUT2D eigenvalue weighted by atomic mass is 16.5. The van der Waals surface area contributed by atoms with Crippen molar-refractivity contribution < 1.29 is 14.6 Å². The quantitative estimate of drug-likeness (QED) is 0.684. The van der Waals surface area contributed by atoms with Crippen molar-refractivity contribution in [3.05, 3.63) is 30.1 Å². The number of aromatic nitrogens is 1. The fraction of sp³-hybridized carbons (Fsp3) is 0.500. The zero-order valence-corrected chi connectivity index (χ0v) is 10.0. The number of hydrogen-bond donors (Lipinski definition) is 1. The van der Waals surface area contributed by atoms with Crippen LogP contribution in [0.15, 0.2) is 24.5 Å². The maximum atomic E-state index is 11.5. The fourth-order valence-corrected chi connectivity index (χ4v) is 1.31. The van der Waals surface area contributed by atoms with Gasteiger partial charge in [0, 0.05) is 26.0 Å². The molecule has 5 nitrogen and oxygen atoms in total. The van der Waals surface area contributed by atoms with Crippen LogP contribution in [0.2, 0.25) is 0 Å². The summed E-state index contributed by atoms with van der Waals surface area (Å²) in [5.74, 6) is -0.0764. The van der Waals surface area contributed by atoms with E-state index in [1.54, 1.807) is 24.3 Å². The van der Waals surface area contributed by atoms with Crippen molar-refractivity contribution in [1.29, 1.82) is 0 Å². The van der Waals surface area contributed by atoms with Crippen molar-refractivity contribution in [1.82, 2.24) is 9.88 Å². The van der Waals surface area contributed by atoms with Gasteiger partial charge in [0.15, 0.2) is 0 Å². The van der Waals surface area contributed by atoms with Crippen LogP contribution in [0.3, 0.4) is 0 Å². The van der Waals surface area contributed by atoms with Gasteiger partial charge in [-0.05, 0) is 24.1 Å². The number of rotatable bonds is 7. The molecule has 17 heavy (non-hydrogen) atoms. The van der Waals surface area contributed by atoms with Crippen LogP contribution in [0.4, 0.5) is 0 Å². The van der Waals surface area contributed by atoms with Crippen LogP contribution in [-0.2, 0) is 16.0 Å². The average Bonchev–Trinajstić information content (AvgIpc) is 2.37. The van der Waals surface area contributed by atoms with E-state index in [4.69, 9.17) is 9.84 Å². The highest BCUT2D eigenvalue weighted by Gasteiger charge is 2.08. The molecule has 0 aliphatic rings. The van der Waals surface area contributed by atoms with Crippen LogP contribution in [0.5, 0.6) is 0 Å². The van der Waals surface area contributed by atoms with E-state index >= 15 is 0 Å². The van der Waals surface area contributed by atoms with Crippen molar-refractivity contribution in [2.24, 2.45) is 0 Å². The molecule has 1 N–H and O–H groups in total. The average molecular weight is 238 g/mol. The van der Waals surface area contributed by atoms with Gasteiger partial charge < -0.3 is 14.7 Å². The first-order valence-corrected chi connectivity index (χ1v) is 5.55. The van der Waals surface area contributed by atoms with Crippen LogP contribution in [0, 0.1) is 0 Å². The SMILES string of the molecule is CN(CCc1ccncc1)C(=O)COCCO. The molecule has 1 aromatic heterocycles. The van der Waals surface area contributed by atoms with Gasteiger partial charge in [-0.1, -0.05) is 0 Å². The van der Waals surface area contributed by atoms with Crippen LogP contribution < -0.4 is 0 Å². The number of carbonyl (C=O) groups is 1. The summed E-state index contributed by atoms with van der Waals surface area (Å²) in [6.07, 6.45) is 4.27. The Morgan fingerprint density at radius 3 is 2.82 bits per heavy atom. The molecule has 0 unspecified atom stereocenters. The van der Waals surface area contributed by atoms with E-state index in [1.807, 2.05) is 12.1 Å². The molecule has 0 saturated heterocycles. The molecule has 0 atom stereocenters. The zero-order chi connectivity index (χ0) is 12.5. The molecule has 1 aromatic rings. The number of ether oxygens (including phenoxy) is 1. The van der Waals surface area contributed by atoms with E-state index in [0.717, 1.165) is 12.0 Å². The Kier molecular flexibility index (Phi) is 6.21. The lowest BCUT2D eigenvalue weighted by atomic mass is 10.2. The molecule has 0 fully saturated rings. The summed E-state index contributed by atoms with van der Waals surface area (Å²) >= 11 is 0. The number of nitrogens with zero attached hydrogens (tertiary/aromatic N) is 2. The Morgan fingerprint density at radius 2 is 2.18 bits per heavy atom. The van der Waals surface area contributed by atoms with Crippen molar-refractivity contribution in [2.75, 3.05) is 33.4 Å². The molecule has 94 valence electrons. The summed E-state index contributed by atoms with van der Waals surface area (Å²) in [5.41, 5.74) is 1.15. The Bertz CT molecular complexity index is 330. The minimum absolute atomic E-state index is 0.0212. The van der Waals surface area contributed by atoms with Gasteiger partial charge in [0.25, 0.3) is 0 Å². The predicted molar refractivity (Wildman–Crippen MR) is 63.5 cm³/mol. The van der Waals surface area contributed by atoms with E-state index in [1.165, 1.54) is 0 Å². The third kappa shape index (κ3) is 5.42. The van der Waals surface area contributed by atoms with Gasteiger partial charge in [-0.15, -0.1) is 0 Å². The molecule has 1 rings (SSSR count). The van der Waals surface area contributed by atoms with E-state index in [9.17, 15) is 4.79 Å². The maximum absolute atomic E-state index is 11.5. The molecular formula is C12H18N2O3. The van der Waals surface area contributed by atoms with Crippen molar-refractivity contribution >= 4 is 5.91 Å². The third-order valence-electron chi connectivity index (χ3n) is 2.37. The first-order chi connectivity index (χ1) is 8.24. The summed E-state index contributed by atoms with van der Waals surface area (Å²) in [6, 6.07) is 3.86. The van der Waals surface area contributed by atoms with E-state index in [2.05, 4.69) is 4.98 Å². The molecule has 0 aromatic carbocycles. The molecule has 0 saturated carbocycles. The number of carbonyl (C=O) groups excluding carboxylic acids is 1. The first-order valence-electron chi connectivity index (χ1n) is 5.55. The lowest BCUT2D eigenvalue weighted by Gasteiger charge is -2.16. The minimum atomic E-state index is -0.0764. The third-order valence-corrected chi connectivity index (χ3v) is 2.37. The van der Waals surface area contributed by atoms with Crippen molar-refractivity contribution in [3.63, 3.8) is 0 Å². The largest absolute Gasteiger partial charge is 0.394 e. The van der Waals surface area contributed by atoms with Gasteiger partial charge in [-0.25, -0.2) is 0 Å². The van der Waals surface area contributed by atoms with E-state index in [0.29, 0.717) is 6.54 Å². The zero-order valence-electron chi connectivity index (χ0n) is 10.0. The number of aliphatic hydroxyl groups excluding tert-OH is 1. The molecule has 1 heterocycles. The Balaban J connectivity index is 2.24. The van der Waals surface area contributed by atoms with Crippen LogP contribution >= 0.6 is 0 Å². The van der Waals surface area contributed by atoms with Gasteiger partial charge in [0.1, 0.15) is 6.61 Å². The second-order valence-electron chi connectivity index (χ2n) is 3.70. The number of pyridine rings is 1. The Morgan fingerprint density at radius 1 is 1.47 bits per heavy atom. The monoisotopic (exact) mass is 238 g/mol. The molecule has 0 spiro atoms. The fourth-order valence-electron chi connectivity index (χ4n) is 1.31. The number of amides is 1. The second-order valence-corrected chi connectivity index (χ2v) is 3.70. The van der Waals surface area contributed by atoms with Gasteiger partial charge >= 0.3 is 0 Å². The molecular weight excluding hydrogens is 220 g/mol. The molecule has 1 amide bonds. The Labute approximate surface area is 101 Å². The molecule has 0 radical (unpaired) electrons. The lowest BCUT2D eigenvalue weighted by Crippen LogP contribution is -2.32. The molecule has 5 heteroatoms. The highest BCUT2D eigenvalue weighted by Crippen LogP contribution is 1.99. The smallest absolute Gasteiger partial charge is 0.248 e. The standard InChI is InChI=1S/C12H18N2O3/c1-14(12(16)10-17-9-8-15)7-4-11-2-5-13-6-3-11/h2-3,5-6,15H,4,7-10H2,1H3. The van der Waals surface area contributed by atoms with Crippen molar-refractivity contribution in [3.8, 4) is 0 Å². The predicted octanol–water partition coefficient (Wildman–Crippen LogP) is 0.0914. The van der Waals surface area contributed by atoms with Gasteiger partial charge in [0.05, 0.1) is 13.2 Å². The minimum Gasteiger partial charge on any atom is -0.394 e.